The molecule has 0 saturated heterocycles. The number of hydrogen-bond donors (Lipinski definition) is 2. The molecule has 1 rings (SSSR count). The first-order chi connectivity index (χ1) is 9.27. The summed E-state index contributed by atoms with van der Waals surface area (Å²) >= 11 is 7.68. The van der Waals surface area contributed by atoms with Crippen molar-refractivity contribution in [3.63, 3.8) is 0 Å². The summed E-state index contributed by atoms with van der Waals surface area (Å²) in [4.78, 5) is 0.189. The van der Waals surface area contributed by atoms with E-state index in [1.54, 1.807) is 24.8 Å². The first-order valence-corrected chi connectivity index (χ1v) is 9.45. The van der Waals surface area contributed by atoms with Crippen LogP contribution >= 0.6 is 23.4 Å². The number of nitrogens with one attached hydrogen (secondary N) is 1. The van der Waals surface area contributed by atoms with E-state index in [1.165, 1.54) is 6.07 Å². The Morgan fingerprint density at radius 2 is 2.10 bits per heavy atom. The second kappa shape index (κ2) is 7.54. The number of nitrogens with two attached hydrogens (primary N) is 1. The predicted molar refractivity (Wildman–Crippen MR) is 88.0 cm³/mol. The topological polar surface area (TPSA) is 72.2 Å². The Labute approximate surface area is 130 Å². The summed E-state index contributed by atoms with van der Waals surface area (Å²) < 4.78 is 27.4. The van der Waals surface area contributed by atoms with Gasteiger partial charge in [0.05, 0.1) is 15.6 Å². The SMILES string of the molecule is CCSCCC(C)NS(=O)(=O)c1cc(N)c(Cl)cc1C. The Morgan fingerprint density at radius 1 is 1.45 bits per heavy atom. The van der Waals surface area contributed by atoms with Crippen LogP contribution in [0.1, 0.15) is 25.8 Å². The fraction of sp³-hybridized carbons (Fsp3) is 0.538. The van der Waals surface area contributed by atoms with E-state index >= 15 is 0 Å². The fourth-order valence-corrected chi connectivity index (χ4v) is 4.32. The molecule has 3 N–H and O–H groups in total. The molecule has 0 fully saturated rings. The Hall–Kier alpha value is -0.430. The molecule has 4 nitrogen and oxygen atoms in total. The maximum atomic E-state index is 12.3. The highest BCUT2D eigenvalue weighted by Gasteiger charge is 2.20. The second-order valence-electron chi connectivity index (χ2n) is 4.65. The minimum absolute atomic E-state index is 0.115. The third-order valence-corrected chi connectivity index (χ3v) is 5.83. The molecule has 0 saturated carbocycles. The minimum atomic E-state index is -3.56. The quantitative estimate of drug-likeness (QED) is 0.593. The summed E-state index contributed by atoms with van der Waals surface area (Å²) in [6.45, 7) is 5.65. The van der Waals surface area contributed by atoms with E-state index in [2.05, 4.69) is 11.6 Å². The lowest BCUT2D eigenvalue weighted by atomic mass is 10.2. The van der Waals surface area contributed by atoms with Crippen LogP contribution in [-0.4, -0.2) is 26.0 Å². The fourth-order valence-electron chi connectivity index (χ4n) is 1.75. The molecule has 0 aliphatic carbocycles. The molecule has 0 spiro atoms. The van der Waals surface area contributed by atoms with Gasteiger partial charge in [0.15, 0.2) is 0 Å². The number of anilines is 1. The molecule has 1 unspecified atom stereocenters. The maximum absolute atomic E-state index is 12.3. The molecular weight excluding hydrogens is 316 g/mol. The number of halogens is 1. The van der Waals surface area contributed by atoms with Crippen molar-refractivity contribution >= 4 is 39.1 Å². The van der Waals surface area contributed by atoms with Crippen LogP contribution in [0.3, 0.4) is 0 Å². The predicted octanol–water partition coefficient (Wildman–Crippen LogP) is 3.04. The lowest BCUT2D eigenvalue weighted by Crippen LogP contribution is -2.33. The highest BCUT2D eigenvalue weighted by atomic mass is 35.5. The molecule has 20 heavy (non-hydrogen) atoms. The molecule has 7 heteroatoms. The van der Waals surface area contributed by atoms with Crippen molar-refractivity contribution < 1.29 is 8.42 Å². The Balaban J connectivity index is 2.86. The average molecular weight is 337 g/mol. The van der Waals surface area contributed by atoms with Gasteiger partial charge in [-0.3, -0.25) is 0 Å². The second-order valence-corrected chi connectivity index (χ2v) is 8.13. The number of hydrogen-bond acceptors (Lipinski definition) is 4. The number of benzene rings is 1. The third-order valence-electron chi connectivity index (χ3n) is 2.84. The van der Waals surface area contributed by atoms with Crippen molar-refractivity contribution in [1.82, 2.24) is 4.72 Å². The summed E-state index contributed by atoms with van der Waals surface area (Å²) in [5.74, 6) is 1.97. The van der Waals surface area contributed by atoms with Crippen LogP contribution in [0, 0.1) is 6.92 Å². The van der Waals surface area contributed by atoms with E-state index in [9.17, 15) is 8.42 Å². The summed E-state index contributed by atoms with van der Waals surface area (Å²) in [6, 6.07) is 2.87. The van der Waals surface area contributed by atoms with Gasteiger partial charge in [-0.1, -0.05) is 18.5 Å². The van der Waals surface area contributed by atoms with E-state index in [-0.39, 0.29) is 16.6 Å². The standard InChI is InChI=1S/C13H21ClN2O2S2/c1-4-19-6-5-10(3)16-20(17,18)13-8-12(15)11(14)7-9(13)2/h7-8,10,16H,4-6,15H2,1-3H3. The van der Waals surface area contributed by atoms with Gasteiger partial charge >= 0.3 is 0 Å². The van der Waals surface area contributed by atoms with Crippen LogP contribution in [0.4, 0.5) is 5.69 Å². The van der Waals surface area contributed by atoms with Crippen LogP contribution in [0.15, 0.2) is 17.0 Å². The van der Waals surface area contributed by atoms with Crippen molar-refractivity contribution in [1.29, 1.82) is 0 Å². The Bertz CT molecular complexity index is 562. The van der Waals surface area contributed by atoms with Crippen LogP contribution in [0.25, 0.3) is 0 Å². The zero-order valence-electron chi connectivity index (χ0n) is 11.9. The lowest BCUT2D eigenvalue weighted by Gasteiger charge is -2.16. The Morgan fingerprint density at radius 3 is 2.70 bits per heavy atom. The smallest absolute Gasteiger partial charge is 0.241 e. The zero-order valence-corrected chi connectivity index (χ0v) is 14.3. The molecule has 0 heterocycles. The van der Waals surface area contributed by atoms with E-state index in [1.807, 2.05) is 6.92 Å². The van der Waals surface area contributed by atoms with E-state index in [0.29, 0.717) is 10.6 Å². The molecule has 1 atom stereocenters. The largest absolute Gasteiger partial charge is 0.397 e. The van der Waals surface area contributed by atoms with E-state index in [0.717, 1.165) is 17.9 Å². The number of aryl methyl sites for hydroxylation is 1. The molecule has 1 aromatic carbocycles. The van der Waals surface area contributed by atoms with Crippen molar-refractivity contribution in [3.05, 3.63) is 22.7 Å². The average Bonchev–Trinajstić information content (AvgIpc) is 2.33. The van der Waals surface area contributed by atoms with Gasteiger partial charge in [-0.25, -0.2) is 13.1 Å². The first-order valence-electron chi connectivity index (χ1n) is 6.43. The Kier molecular flexibility index (Phi) is 6.64. The number of rotatable bonds is 7. The molecule has 0 aliphatic heterocycles. The number of nitrogen functional groups attached to an aromatic ring is 1. The number of sulfonamides is 1. The van der Waals surface area contributed by atoms with Gasteiger partial charge in [0.1, 0.15) is 0 Å². The van der Waals surface area contributed by atoms with Crippen LogP contribution in [-0.2, 0) is 10.0 Å². The van der Waals surface area contributed by atoms with Gasteiger partial charge in [0.2, 0.25) is 10.0 Å². The first kappa shape index (κ1) is 17.6. The third kappa shape index (κ3) is 4.84. The van der Waals surface area contributed by atoms with Crippen molar-refractivity contribution in [2.75, 3.05) is 17.2 Å². The zero-order chi connectivity index (χ0) is 15.3. The molecule has 0 aromatic heterocycles. The summed E-state index contributed by atoms with van der Waals surface area (Å²) in [5.41, 5.74) is 6.55. The van der Waals surface area contributed by atoms with Crippen LogP contribution in [0.5, 0.6) is 0 Å². The summed E-state index contributed by atoms with van der Waals surface area (Å²) in [5, 5.41) is 0.369. The van der Waals surface area contributed by atoms with Gasteiger partial charge in [0, 0.05) is 6.04 Å². The molecule has 0 radical (unpaired) electrons. The highest BCUT2D eigenvalue weighted by Crippen LogP contribution is 2.26. The molecule has 114 valence electrons. The summed E-state index contributed by atoms with van der Waals surface area (Å²) in [6.07, 6.45) is 0.792. The molecule has 0 aliphatic rings. The molecule has 1 aromatic rings. The molecule has 0 amide bonds. The maximum Gasteiger partial charge on any atom is 0.241 e. The lowest BCUT2D eigenvalue weighted by molar-refractivity contribution is 0.556. The minimum Gasteiger partial charge on any atom is -0.397 e. The van der Waals surface area contributed by atoms with Gasteiger partial charge in [-0.15, -0.1) is 0 Å². The molecule has 0 bridgehead atoms. The van der Waals surface area contributed by atoms with Crippen molar-refractivity contribution in [2.45, 2.75) is 38.1 Å². The van der Waals surface area contributed by atoms with Crippen LogP contribution < -0.4 is 10.5 Å². The van der Waals surface area contributed by atoms with Crippen LogP contribution in [0.2, 0.25) is 5.02 Å². The van der Waals surface area contributed by atoms with Crippen molar-refractivity contribution in [2.24, 2.45) is 0 Å². The van der Waals surface area contributed by atoms with E-state index in [4.69, 9.17) is 17.3 Å². The normalized spacial score (nSPS) is 13.4. The number of thioether (sulfide) groups is 1. The highest BCUT2D eigenvalue weighted by molar-refractivity contribution is 7.99. The van der Waals surface area contributed by atoms with E-state index < -0.39 is 10.0 Å². The molecular formula is C13H21ClN2O2S2. The summed E-state index contributed by atoms with van der Waals surface area (Å²) in [7, 11) is -3.56. The van der Waals surface area contributed by atoms with Gasteiger partial charge < -0.3 is 5.73 Å². The monoisotopic (exact) mass is 336 g/mol. The van der Waals surface area contributed by atoms with Gasteiger partial charge in [-0.2, -0.15) is 11.8 Å². The van der Waals surface area contributed by atoms with Gasteiger partial charge in [-0.05, 0) is 49.5 Å². The van der Waals surface area contributed by atoms with Crippen molar-refractivity contribution in [3.8, 4) is 0 Å². The van der Waals surface area contributed by atoms with Gasteiger partial charge in [0.25, 0.3) is 0 Å².